The number of amides is 3. The number of hydrogen-bond donors (Lipinski definition) is 5. The van der Waals surface area contributed by atoms with Gasteiger partial charge in [0.2, 0.25) is 11.8 Å². The van der Waals surface area contributed by atoms with Gasteiger partial charge in [0.25, 0.3) is 5.91 Å². The van der Waals surface area contributed by atoms with Crippen LogP contribution < -0.4 is 15.5 Å². The number of phenolic OH excluding ortho intramolecular Hbond substituents is 1. The first-order valence-electron chi connectivity index (χ1n) is 11.8. The molecule has 5 N–H and O–H groups in total. The fraction of sp³-hybridized carbons (Fsp3) is 0.143. The van der Waals surface area contributed by atoms with Crippen LogP contribution in [0.5, 0.6) is 5.75 Å². The summed E-state index contributed by atoms with van der Waals surface area (Å²) >= 11 is 0. The van der Waals surface area contributed by atoms with Crippen LogP contribution in [-0.2, 0) is 20.6 Å². The zero-order chi connectivity index (χ0) is 31.5. The number of nitriles is 1. The van der Waals surface area contributed by atoms with Crippen LogP contribution >= 0.6 is 0 Å². The van der Waals surface area contributed by atoms with E-state index in [-0.39, 0.29) is 28.2 Å². The lowest BCUT2D eigenvalue weighted by molar-refractivity contribution is -0.137. The summed E-state index contributed by atoms with van der Waals surface area (Å²) in [5, 5.41) is 42.0. The number of benzene rings is 3. The summed E-state index contributed by atoms with van der Waals surface area (Å²) in [4.78, 5) is 49.1. The summed E-state index contributed by atoms with van der Waals surface area (Å²) in [6.45, 7) is 2.24. The standard InChI is InChI=1S/C28H22F3N5O6/c1-13(37)34-16-5-6-17(21(9-16)28(29,30)31)18-11-24(39)20(10-23(18)36(3)14(2)38)25(33)26(40)35-22-7-4-15(12-32)8-19(22)27(41)42/h4-11,33,39H,1-3H3,(H,34,37)(H,35,40)(H,41,42). The average Bonchev–Trinajstić information content (AvgIpc) is 2.91. The summed E-state index contributed by atoms with van der Waals surface area (Å²) in [7, 11) is 1.24. The van der Waals surface area contributed by atoms with Crippen LogP contribution in [-0.4, -0.2) is 46.7 Å². The first-order chi connectivity index (χ1) is 19.5. The van der Waals surface area contributed by atoms with Gasteiger partial charge in [-0.05, 0) is 48.0 Å². The number of aromatic hydroxyl groups is 1. The van der Waals surface area contributed by atoms with Crippen LogP contribution in [0.15, 0.2) is 48.5 Å². The molecule has 0 bridgehead atoms. The second-order valence-corrected chi connectivity index (χ2v) is 8.91. The number of nitrogens with one attached hydrogen (secondary N) is 3. The maximum atomic E-state index is 14.1. The van der Waals surface area contributed by atoms with E-state index in [1.54, 1.807) is 6.07 Å². The minimum Gasteiger partial charge on any atom is -0.507 e. The van der Waals surface area contributed by atoms with Crippen molar-refractivity contribution in [3.63, 3.8) is 0 Å². The molecule has 42 heavy (non-hydrogen) atoms. The van der Waals surface area contributed by atoms with Gasteiger partial charge < -0.3 is 25.7 Å². The van der Waals surface area contributed by atoms with Crippen molar-refractivity contribution >= 4 is 46.5 Å². The van der Waals surface area contributed by atoms with Gasteiger partial charge in [-0.25, -0.2) is 4.79 Å². The van der Waals surface area contributed by atoms with Gasteiger partial charge in [0.05, 0.1) is 34.1 Å². The van der Waals surface area contributed by atoms with Gasteiger partial charge in [-0.2, -0.15) is 18.4 Å². The summed E-state index contributed by atoms with van der Waals surface area (Å²) in [5.41, 5.74) is -4.40. The number of halogens is 3. The molecule has 0 aliphatic rings. The number of hydrogen-bond acceptors (Lipinski definition) is 7. The molecule has 11 nitrogen and oxygen atoms in total. The monoisotopic (exact) mass is 581 g/mol. The predicted molar refractivity (Wildman–Crippen MR) is 146 cm³/mol. The Balaban J connectivity index is 2.16. The second kappa shape index (κ2) is 11.8. The molecule has 0 atom stereocenters. The van der Waals surface area contributed by atoms with E-state index in [4.69, 9.17) is 10.7 Å². The molecule has 3 aromatic carbocycles. The van der Waals surface area contributed by atoms with Crippen LogP contribution in [0.25, 0.3) is 11.1 Å². The number of aromatic carboxylic acids is 1. The number of carboxylic acids is 1. The molecule has 0 aliphatic heterocycles. The number of nitrogens with zero attached hydrogens (tertiary/aromatic N) is 2. The van der Waals surface area contributed by atoms with Crippen LogP contribution in [0.4, 0.5) is 30.2 Å². The normalized spacial score (nSPS) is 10.8. The van der Waals surface area contributed by atoms with E-state index >= 15 is 0 Å². The lowest BCUT2D eigenvalue weighted by Crippen LogP contribution is -2.26. The lowest BCUT2D eigenvalue weighted by atomic mass is 9.93. The number of carbonyl (C=O) groups excluding carboxylic acids is 3. The summed E-state index contributed by atoms with van der Waals surface area (Å²) < 4.78 is 42.3. The zero-order valence-electron chi connectivity index (χ0n) is 22.2. The molecule has 0 fully saturated rings. The maximum absolute atomic E-state index is 14.1. The van der Waals surface area contributed by atoms with Crippen molar-refractivity contribution in [2.45, 2.75) is 20.0 Å². The molecule has 0 aliphatic carbocycles. The lowest BCUT2D eigenvalue weighted by Gasteiger charge is -2.23. The summed E-state index contributed by atoms with van der Waals surface area (Å²) in [5.74, 6) is -4.70. The van der Waals surface area contributed by atoms with E-state index in [1.165, 1.54) is 19.2 Å². The molecular weight excluding hydrogens is 559 g/mol. The molecule has 14 heteroatoms. The molecule has 0 aromatic heterocycles. The highest BCUT2D eigenvalue weighted by atomic mass is 19.4. The van der Waals surface area contributed by atoms with Gasteiger partial charge in [0.15, 0.2) is 0 Å². The number of anilines is 3. The molecule has 3 rings (SSSR count). The van der Waals surface area contributed by atoms with Gasteiger partial charge in [0, 0.05) is 37.7 Å². The van der Waals surface area contributed by atoms with E-state index in [1.807, 2.05) is 0 Å². The van der Waals surface area contributed by atoms with Crippen LogP contribution in [0.2, 0.25) is 0 Å². The topological polar surface area (TPSA) is 184 Å². The third-order valence-electron chi connectivity index (χ3n) is 6.01. The van der Waals surface area contributed by atoms with Gasteiger partial charge in [-0.1, -0.05) is 6.07 Å². The number of alkyl halides is 3. The molecule has 0 radical (unpaired) electrons. The Bertz CT molecular complexity index is 1690. The van der Waals surface area contributed by atoms with Crippen LogP contribution in [0.3, 0.4) is 0 Å². The van der Waals surface area contributed by atoms with Crippen molar-refractivity contribution in [2.24, 2.45) is 0 Å². The van der Waals surface area contributed by atoms with E-state index < -0.39 is 63.6 Å². The Labute approximate surface area is 236 Å². The van der Waals surface area contributed by atoms with E-state index in [9.17, 15) is 42.6 Å². The molecule has 0 saturated heterocycles. The largest absolute Gasteiger partial charge is 0.507 e. The number of phenols is 1. The minimum atomic E-state index is -4.93. The van der Waals surface area contributed by atoms with Crippen molar-refractivity contribution < 1.29 is 42.6 Å². The van der Waals surface area contributed by atoms with Crippen molar-refractivity contribution in [1.29, 1.82) is 10.7 Å². The highest BCUT2D eigenvalue weighted by Crippen LogP contribution is 2.44. The average molecular weight is 582 g/mol. The Morgan fingerprint density at radius 1 is 0.952 bits per heavy atom. The van der Waals surface area contributed by atoms with E-state index in [2.05, 4.69) is 10.6 Å². The van der Waals surface area contributed by atoms with Crippen molar-refractivity contribution in [3.05, 3.63) is 70.8 Å². The highest BCUT2D eigenvalue weighted by Gasteiger charge is 2.35. The molecule has 0 spiro atoms. The quantitative estimate of drug-likeness (QED) is 0.253. The third-order valence-corrected chi connectivity index (χ3v) is 6.01. The number of carbonyl (C=O) groups is 4. The minimum absolute atomic E-state index is 0.00560. The molecule has 216 valence electrons. The highest BCUT2D eigenvalue weighted by molar-refractivity contribution is 6.48. The third kappa shape index (κ3) is 6.53. The van der Waals surface area contributed by atoms with Gasteiger partial charge in [-0.3, -0.25) is 19.8 Å². The first-order valence-corrected chi connectivity index (χ1v) is 11.8. The second-order valence-electron chi connectivity index (χ2n) is 8.91. The molecule has 3 amide bonds. The summed E-state index contributed by atoms with van der Waals surface area (Å²) in [6, 6.07) is 9.88. The molecule has 0 unspecified atom stereocenters. The van der Waals surface area contributed by atoms with Crippen molar-refractivity contribution in [1.82, 2.24) is 0 Å². The Morgan fingerprint density at radius 3 is 2.17 bits per heavy atom. The van der Waals surface area contributed by atoms with Crippen LogP contribution in [0.1, 0.15) is 40.9 Å². The SMILES string of the molecule is CC(=O)Nc1ccc(-c2cc(O)c(C(=N)C(=O)Nc3ccc(C#N)cc3C(=O)O)cc2N(C)C(C)=O)c(C(F)(F)F)c1. The van der Waals surface area contributed by atoms with Gasteiger partial charge >= 0.3 is 12.1 Å². The van der Waals surface area contributed by atoms with Crippen molar-refractivity contribution in [2.75, 3.05) is 22.6 Å². The van der Waals surface area contributed by atoms with Crippen molar-refractivity contribution in [3.8, 4) is 22.9 Å². The maximum Gasteiger partial charge on any atom is 0.417 e. The number of rotatable bonds is 7. The Kier molecular flexibility index (Phi) is 8.66. The van der Waals surface area contributed by atoms with E-state index in [0.717, 1.165) is 49.1 Å². The predicted octanol–water partition coefficient (Wildman–Crippen LogP) is 4.60. The Hall–Kier alpha value is -5.71. The molecule has 3 aromatic rings. The fourth-order valence-electron chi connectivity index (χ4n) is 3.94. The van der Waals surface area contributed by atoms with Crippen LogP contribution in [0, 0.1) is 16.7 Å². The van der Waals surface area contributed by atoms with E-state index in [0.29, 0.717) is 6.07 Å². The van der Waals surface area contributed by atoms with Gasteiger partial charge in [0.1, 0.15) is 11.5 Å². The number of carboxylic acid groups (broad SMARTS) is 1. The summed E-state index contributed by atoms with van der Waals surface area (Å²) in [6.07, 6.45) is -4.93. The molecule has 0 saturated carbocycles. The zero-order valence-corrected chi connectivity index (χ0v) is 22.2. The fourth-order valence-corrected chi connectivity index (χ4v) is 3.94. The molecule has 0 heterocycles. The smallest absolute Gasteiger partial charge is 0.417 e. The molecular formula is C28H22F3N5O6. The Morgan fingerprint density at radius 2 is 1.62 bits per heavy atom. The first kappa shape index (κ1) is 30.8. The van der Waals surface area contributed by atoms with Gasteiger partial charge in [-0.15, -0.1) is 0 Å².